The van der Waals surface area contributed by atoms with Crippen LogP contribution in [0, 0.1) is 11.6 Å². The molecule has 1 aliphatic rings. The summed E-state index contributed by atoms with van der Waals surface area (Å²) in [5.41, 5.74) is 0.326. The molecule has 0 aliphatic carbocycles. The SMILES string of the molecule is CCCNC(CC1OCCO1)c1cc(F)ccc1F. The molecule has 0 aromatic heterocycles. The number of hydrogen-bond donors (Lipinski definition) is 1. The molecule has 106 valence electrons. The fraction of sp³-hybridized carbons (Fsp3) is 0.571. The first-order valence-corrected chi connectivity index (χ1v) is 6.62. The van der Waals surface area contributed by atoms with Crippen LogP contribution in [0.3, 0.4) is 0 Å². The van der Waals surface area contributed by atoms with Crippen molar-refractivity contribution in [2.45, 2.75) is 32.1 Å². The number of benzene rings is 1. The molecule has 1 aliphatic heterocycles. The van der Waals surface area contributed by atoms with Gasteiger partial charge < -0.3 is 14.8 Å². The molecule has 1 saturated heterocycles. The Morgan fingerprint density at radius 2 is 2.05 bits per heavy atom. The zero-order chi connectivity index (χ0) is 13.7. The summed E-state index contributed by atoms with van der Waals surface area (Å²) >= 11 is 0. The van der Waals surface area contributed by atoms with Gasteiger partial charge in [-0.1, -0.05) is 6.92 Å². The van der Waals surface area contributed by atoms with E-state index in [1.165, 1.54) is 6.07 Å². The summed E-state index contributed by atoms with van der Waals surface area (Å²) in [6, 6.07) is 3.20. The van der Waals surface area contributed by atoms with E-state index in [1.54, 1.807) is 0 Å². The first kappa shape index (κ1) is 14.4. The van der Waals surface area contributed by atoms with Gasteiger partial charge in [0.25, 0.3) is 0 Å². The average molecular weight is 271 g/mol. The van der Waals surface area contributed by atoms with Gasteiger partial charge >= 0.3 is 0 Å². The molecule has 1 fully saturated rings. The molecule has 3 nitrogen and oxygen atoms in total. The highest BCUT2D eigenvalue weighted by Gasteiger charge is 2.24. The summed E-state index contributed by atoms with van der Waals surface area (Å²) in [6.07, 6.45) is 1.04. The molecule has 1 aromatic carbocycles. The largest absolute Gasteiger partial charge is 0.350 e. The van der Waals surface area contributed by atoms with Crippen molar-refractivity contribution in [2.24, 2.45) is 0 Å². The third-order valence-corrected chi connectivity index (χ3v) is 3.09. The normalized spacial score (nSPS) is 17.8. The van der Waals surface area contributed by atoms with Crippen LogP contribution in [0.5, 0.6) is 0 Å². The van der Waals surface area contributed by atoms with Crippen molar-refractivity contribution >= 4 is 0 Å². The van der Waals surface area contributed by atoms with Gasteiger partial charge in [0.2, 0.25) is 0 Å². The van der Waals surface area contributed by atoms with E-state index in [0.717, 1.165) is 25.1 Å². The van der Waals surface area contributed by atoms with Crippen molar-refractivity contribution in [3.8, 4) is 0 Å². The second-order valence-electron chi connectivity index (χ2n) is 4.58. The number of hydrogen-bond acceptors (Lipinski definition) is 3. The van der Waals surface area contributed by atoms with E-state index < -0.39 is 11.6 Å². The summed E-state index contributed by atoms with van der Waals surface area (Å²) in [4.78, 5) is 0. The van der Waals surface area contributed by atoms with Crippen LogP contribution in [-0.2, 0) is 9.47 Å². The Morgan fingerprint density at radius 3 is 2.74 bits per heavy atom. The average Bonchev–Trinajstić information content (AvgIpc) is 2.90. The zero-order valence-electron chi connectivity index (χ0n) is 11.0. The highest BCUT2D eigenvalue weighted by atomic mass is 19.1. The van der Waals surface area contributed by atoms with Crippen LogP contribution in [0.2, 0.25) is 0 Å². The van der Waals surface area contributed by atoms with Crippen LogP contribution in [0.1, 0.15) is 31.4 Å². The molecule has 0 radical (unpaired) electrons. The third kappa shape index (κ3) is 3.96. The molecule has 0 amide bonds. The van der Waals surface area contributed by atoms with Gasteiger partial charge in [0, 0.05) is 18.0 Å². The van der Waals surface area contributed by atoms with Gasteiger partial charge in [-0.25, -0.2) is 8.78 Å². The molecule has 0 spiro atoms. The van der Waals surface area contributed by atoms with Gasteiger partial charge in [-0.3, -0.25) is 0 Å². The lowest BCUT2D eigenvalue weighted by atomic mass is 10.0. The fourth-order valence-electron chi connectivity index (χ4n) is 2.16. The maximum atomic E-state index is 13.8. The van der Waals surface area contributed by atoms with Crippen LogP contribution >= 0.6 is 0 Å². The Hall–Kier alpha value is -1.04. The molecule has 0 bridgehead atoms. The van der Waals surface area contributed by atoms with Crippen LogP contribution in [0.25, 0.3) is 0 Å². The first-order chi connectivity index (χ1) is 9.20. The molecule has 1 heterocycles. The second kappa shape index (κ2) is 6.93. The molecule has 5 heteroatoms. The first-order valence-electron chi connectivity index (χ1n) is 6.62. The van der Waals surface area contributed by atoms with Crippen LogP contribution in [0.4, 0.5) is 8.78 Å². The summed E-state index contributed by atoms with van der Waals surface area (Å²) in [5.74, 6) is -0.846. The molecule has 2 rings (SSSR count). The number of rotatable bonds is 6. The lowest BCUT2D eigenvalue weighted by Gasteiger charge is -2.22. The van der Waals surface area contributed by atoms with E-state index in [-0.39, 0.29) is 12.3 Å². The van der Waals surface area contributed by atoms with E-state index in [9.17, 15) is 8.78 Å². The van der Waals surface area contributed by atoms with Crippen LogP contribution in [0.15, 0.2) is 18.2 Å². The summed E-state index contributed by atoms with van der Waals surface area (Å²) in [7, 11) is 0. The van der Waals surface area contributed by atoms with Crippen LogP contribution in [-0.4, -0.2) is 26.0 Å². The second-order valence-corrected chi connectivity index (χ2v) is 4.58. The van der Waals surface area contributed by atoms with Gasteiger partial charge in [-0.05, 0) is 31.2 Å². The van der Waals surface area contributed by atoms with Gasteiger partial charge in [-0.15, -0.1) is 0 Å². The molecular weight excluding hydrogens is 252 g/mol. The smallest absolute Gasteiger partial charge is 0.159 e. The molecule has 0 saturated carbocycles. The van der Waals surface area contributed by atoms with Gasteiger partial charge in [0.15, 0.2) is 6.29 Å². The van der Waals surface area contributed by atoms with Gasteiger partial charge in [-0.2, -0.15) is 0 Å². The van der Waals surface area contributed by atoms with E-state index in [0.29, 0.717) is 25.2 Å². The van der Waals surface area contributed by atoms with E-state index in [1.807, 2.05) is 6.92 Å². The summed E-state index contributed by atoms with van der Waals surface area (Å²) in [5, 5.41) is 3.21. The van der Waals surface area contributed by atoms with Gasteiger partial charge in [0.05, 0.1) is 13.2 Å². The summed E-state index contributed by atoms with van der Waals surface area (Å²) in [6.45, 7) is 3.86. The minimum atomic E-state index is -0.437. The minimum Gasteiger partial charge on any atom is -0.350 e. The Kier molecular flexibility index (Phi) is 5.24. The standard InChI is InChI=1S/C14H19F2NO2/c1-2-5-17-13(9-14-18-6-7-19-14)11-8-10(15)3-4-12(11)16/h3-4,8,13-14,17H,2,5-7,9H2,1H3. The lowest BCUT2D eigenvalue weighted by molar-refractivity contribution is -0.0531. The van der Waals surface area contributed by atoms with E-state index in [2.05, 4.69) is 5.32 Å². The zero-order valence-corrected chi connectivity index (χ0v) is 11.0. The molecule has 1 N–H and O–H groups in total. The number of nitrogens with one attached hydrogen (secondary N) is 1. The van der Waals surface area contributed by atoms with Crippen molar-refractivity contribution < 1.29 is 18.3 Å². The highest BCUT2D eigenvalue weighted by molar-refractivity contribution is 5.22. The number of ether oxygens (including phenoxy) is 2. The molecule has 1 unspecified atom stereocenters. The topological polar surface area (TPSA) is 30.5 Å². The van der Waals surface area contributed by atoms with E-state index >= 15 is 0 Å². The quantitative estimate of drug-likeness (QED) is 0.863. The fourth-order valence-corrected chi connectivity index (χ4v) is 2.16. The predicted octanol–water partition coefficient (Wildman–Crippen LogP) is 2.77. The monoisotopic (exact) mass is 271 g/mol. The molecular formula is C14H19F2NO2. The van der Waals surface area contributed by atoms with Crippen molar-refractivity contribution in [3.63, 3.8) is 0 Å². The maximum Gasteiger partial charge on any atom is 0.159 e. The minimum absolute atomic E-state index is 0.307. The van der Waals surface area contributed by atoms with Crippen molar-refractivity contribution in [1.82, 2.24) is 5.32 Å². The molecule has 19 heavy (non-hydrogen) atoms. The van der Waals surface area contributed by atoms with E-state index in [4.69, 9.17) is 9.47 Å². The molecule has 1 atom stereocenters. The van der Waals surface area contributed by atoms with Gasteiger partial charge in [0.1, 0.15) is 11.6 Å². The molecule has 1 aromatic rings. The third-order valence-electron chi connectivity index (χ3n) is 3.09. The Balaban J connectivity index is 2.12. The maximum absolute atomic E-state index is 13.8. The Labute approximate surface area is 111 Å². The summed E-state index contributed by atoms with van der Waals surface area (Å²) < 4.78 is 37.9. The van der Waals surface area contributed by atoms with Crippen LogP contribution < -0.4 is 5.32 Å². The van der Waals surface area contributed by atoms with Crippen molar-refractivity contribution in [1.29, 1.82) is 0 Å². The predicted molar refractivity (Wildman–Crippen MR) is 67.7 cm³/mol. The van der Waals surface area contributed by atoms with Crippen molar-refractivity contribution in [3.05, 3.63) is 35.4 Å². The Bertz CT molecular complexity index is 408. The lowest BCUT2D eigenvalue weighted by Crippen LogP contribution is -2.27. The van der Waals surface area contributed by atoms with Crippen molar-refractivity contribution in [2.75, 3.05) is 19.8 Å². The number of halogens is 2. The highest BCUT2D eigenvalue weighted by Crippen LogP contribution is 2.25. The Morgan fingerprint density at radius 1 is 1.32 bits per heavy atom.